The van der Waals surface area contributed by atoms with Gasteiger partial charge in [-0.15, -0.1) is 0 Å². The fourth-order valence-corrected chi connectivity index (χ4v) is 2.63. The van der Waals surface area contributed by atoms with Gasteiger partial charge in [0.2, 0.25) is 0 Å². The predicted octanol–water partition coefficient (Wildman–Crippen LogP) is 4.48. The van der Waals surface area contributed by atoms with Crippen LogP contribution in [0.5, 0.6) is 0 Å². The van der Waals surface area contributed by atoms with Crippen molar-refractivity contribution in [3.8, 4) is 5.69 Å². The Hall–Kier alpha value is -2.66. The largest absolute Gasteiger partial charge is 0.319 e. The second-order valence-electron chi connectivity index (χ2n) is 5.18. The summed E-state index contributed by atoms with van der Waals surface area (Å²) < 4.78 is 15.6. The van der Waals surface area contributed by atoms with Gasteiger partial charge in [-0.25, -0.2) is 9.07 Å². The second kappa shape index (κ2) is 6.84. The molecule has 0 aliphatic carbocycles. The number of carbonyl (C=O) groups is 1. The van der Waals surface area contributed by atoms with Gasteiger partial charge in [0, 0.05) is 5.02 Å². The van der Waals surface area contributed by atoms with E-state index in [0.717, 1.165) is 17.4 Å². The molecule has 0 radical (unpaired) electrons. The maximum absolute atomic E-state index is 13.9. The van der Waals surface area contributed by atoms with Gasteiger partial charge in [0.1, 0.15) is 5.82 Å². The van der Waals surface area contributed by atoms with Crippen LogP contribution in [-0.2, 0) is 6.42 Å². The quantitative estimate of drug-likeness (QED) is 0.759. The van der Waals surface area contributed by atoms with Crippen LogP contribution in [0.1, 0.15) is 23.0 Å². The fraction of sp³-hybridized carbons (Fsp3) is 0.111. The van der Waals surface area contributed by atoms with E-state index in [1.165, 1.54) is 18.3 Å². The third-order valence-electron chi connectivity index (χ3n) is 3.63. The molecule has 1 amide bonds. The van der Waals surface area contributed by atoms with Gasteiger partial charge in [-0.05, 0) is 36.8 Å². The van der Waals surface area contributed by atoms with E-state index >= 15 is 0 Å². The Labute approximate surface area is 143 Å². The number of hydrogen-bond donors (Lipinski definition) is 1. The van der Waals surface area contributed by atoms with Crippen LogP contribution < -0.4 is 5.32 Å². The summed E-state index contributed by atoms with van der Waals surface area (Å²) >= 11 is 5.72. The Morgan fingerprint density at radius 1 is 1.25 bits per heavy atom. The van der Waals surface area contributed by atoms with Crippen LogP contribution in [-0.4, -0.2) is 15.7 Å². The number of halogens is 2. The van der Waals surface area contributed by atoms with Crippen LogP contribution in [0.15, 0.2) is 54.7 Å². The van der Waals surface area contributed by atoms with Crippen molar-refractivity contribution >= 4 is 23.2 Å². The van der Waals surface area contributed by atoms with Crippen LogP contribution in [0.2, 0.25) is 5.02 Å². The molecule has 0 fully saturated rings. The average molecular weight is 344 g/mol. The first kappa shape index (κ1) is 16.2. The highest BCUT2D eigenvalue weighted by atomic mass is 35.5. The molecule has 0 spiro atoms. The number of para-hydroxylation sites is 1. The third kappa shape index (κ3) is 3.16. The van der Waals surface area contributed by atoms with Crippen molar-refractivity contribution in [2.75, 3.05) is 5.32 Å². The van der Waals surface area contributed by atoms with Crippen molar-refractivity contribution in [3.63, 3.8) is 0 Å². The number of anilines is 1. The van der Waals surface area contributed by atoms with E-state index in [2.05, 4.69) is 10.4 Å². The lowest BCUT2D eigenvalue weighted by molar-refractivity contribution is 0.102. The molecule has 0 aliphatic heterocycles. The van der Waals surface area contributed by atoms with Crippen molar-refractivity contribution in [1.29, 1.82) is 0 Å². The van der Waals surface area contributed by atoms with E-state index in [1.807, 2.05) is 37.3 Å². The molecular weight excluding hydrogens is 329 g/mol. The van der Waals surface area contributed by atoms with Gasteiger partial charge in [-0.3, -0.25) is 4.79 Å². The average Bonchev–Trinajstić information content (AvgIpc) is 3.02. The molecule has 4 nitrogen and oxygen atoms in total. The SMILES string of the molecule is CCc1c(C(=O)Nc2ccc(Cl)cc2F)cnn1-c1ccccc1. The molecule has 1 N–H and O–H groups in total. The lowest BCUT2D eigenvalue weighted by Gasteiger charge is -2.09. The first-order valence-corrected chi connectivity index (χ1v) is 7.86. The molecule has 0 aliphatic rings. The van der Waals surface area contributed by atoms with Gasteiger partial charge in [0.15, 0.2) is 0 Å². The summed E-state index contributed by atoms with van der Waals surface area (Å²) in [5.41, 5.74) is 2.12. The minimum atomic E-state index is -0.579. The maximum atomic E-state index is 13.9. The van der Waals surface area contributed by atoms with E-state index in [-0.39, 0.29) is 10.7 Å². The lowest BCUT2D eigenvalue weighted by Crippen LogP contribution is -2.15. The molecule has 2 aromatic carbocycles. The van der Waals surface area contributed by atoms with Crippen molar-refractivity contribution in [2.24, 2.45) is 0 Å². The fourth-order valence-electron chi connectivity index (χ4n) is 2.48. The van der Waals surface area contributed by atoms with E-state index in [4.69, 9.17) is 11.6 Å². The van der Waals surface area contributed by atoms with E-state index in [9.17, 15) is 9.18 Å². The van der Waals surface area contributed by atoms with E-state index in [0.29, 0.717) is 12.0 Å². The topological polar surface area (TPSA) is 46.9 Å². The summed E-state index contributed by atoms with van der Waals surface area (Å²) in [4.78, 5) is 12.5. The standard InChI is InChI=1S/C18H15ClFN3O/c1-2-17-14(11-21-23(17)13-6-4-3-5-7-13)18(24)22-16-9-8-12(19)10-15(16)20/h3-11H,2H2,1H3,(H,22,24). The second-order valence-corrected chi connectivity index (χ2v) is 5.62. The summed E-state index contributed by atoms with van der Waals surface area (Å²) in [5.74, 6) is -0.986. The van der Waals surface area contributed by atoms with Crippen LogP contribution in [0.4, 0.5) is 10.1 Å². The Morgan fingerprint density at radius 3 is 2.67 bits per heavy atom. The van der Waals surface area contributed by atoms with Crippen LogP contribution in [0, 0.1) is 5.82 Å². The van der Waals surface area contributed by atoms with Crippen molar-refractivity contribution in [1.82, 2.24) is 9.78 Å². The number of aromatic nitrogens is 2. The molecule has 6 heteroatoms. The van der Waals surface area contributed by atoms with Gasteiger partial charge in [0.25, 0.3) is 5.91 Å². The highest BCUT2D eigenvalue weighted by Gasteiger charge is 2.18. The van der Waals surface area contributed by atoms with Gasteiger partial charge in [0.05, 0.1) is 28.8 Å². The molecule has 0 saturated carbocycles. The summed E-state index contributed by atoms with van der Waals surface area (Å²) in [6, 6.07) is 13.6. The first-order valence-electron chi connectivity index (χ1n) is 7.49. The van der Waals surface area contributed by atoms with Crippen LogP contribution in [0.3, 0.4) is 0 Å². The molecule has 122 valence electrons. The summed E-state index contributed by atoms with van der Waals surface area (Å²) in [6.07, 6.45) is 2.11. The van der Waals surface area contributed by atoms with Crippen LogP contribution in [0.25, 0.3) is 5.69 Å². The number of hydrogen-bond acceptors (Lipinski definition) is 2. The zero-order chi connectivity index (χ0) is 17.1. The number of rotatable bonds is 4. The first-order chi connectivity index (χ1) is 11.6. The minimum absolute atomic E-state index is 0.0823. The number of nitrogens with one attached hydrogen (secondary N) is 1. The molecular formula is C18H15ClFN3O. The zero-order valence-corrected chi connectivity index (χ0v) is 13.7. The molecule has 24 heavy (non-hydrogen) atoms. The highest BCUT2D eigenvalue weighted by molar-refractivity contribution is 6.30. The Bertz CT molecular complexity index is 877. The maximum Gasteiger partial charge on any atom is 0.259 e. The van der Waals surface area contributed by atoms with Gasteiger partial charge in [-0.2, -0.15) is 5.10 Å². The summed E-state index contributed by atoms with van der Waals surface area (Å²) in [6.45, 7) is 1.94. The molecule has 0 saturated heterocycles. The molecule has 3 aromatic rings. The number of carbonyl (C=O) groups excluding carboxylic acids is 1. The molecule has 0 atom stereocenters. The Balaban J connectivity index is 1.92. The lowest BCUT2D eigenvalue weighted by atomic mass is 10.1. The number of nitrogens with zero attached hydrogens (tertiary/aromatic N) is 2. The monoisotopic (exact) mass is 343 g/mol. The minimum Gasteiger partial charge on any atom is -0.319 e. The van der Waals surface area contributed by atoms with Gasteiger partial charge < -0.3 is 5.32 Å². The molecule has 1 heterocycles. The number of amides is 1. The predicted molar refractivity (Wildman–Crippen MR) is 92.3 cm³/mol. The smallest absolute Gasteiger partial charge is 0.259 e. The van der Waals surface area contributed by atoms with Crippen molar-refractivity contribution in [3.05, 3.63) is 76.8 Å². The van der Waals surface area contributed by atoms with Crippen molar-refractivity contribution in [2.45, 2.75) is 13.3 Å². The molecule has 1 aromatic heterocycles. The molecule has 0 unspecified atom stereocenters. The normalized spacial score (nSPS) is 10.6. The van der Waals surface area contributed by atoms with Crippen molar-refractivity contribution < 1.29 is 9.18 Å². The van der Waals surface area contributed by atoms with E-state index in [1.54, 1.807) is 4.68 Å². The zero-order valence-electron chi connectivity index (χ0n) is 13.0. The highest BCUT2D eigenvalue weighted by Crippen LogP contribution is 2.21. The third-order valence-corrected chi connectivity index (χ3v) is 3.86. The van der Waals surface area contributed by atoms with Crippen LogP contribution >= 0.6 is 11.6 Å². The van der Waals surface area contributed by atoms with Gasteiger partial charge >= 0.3 is 0 Å². The molecule has 3 rings (SSSR count). The summed E-state index contributed by atoms with van der Waals surface area (Å²) in [5, 5.41) is 7.14. The molecule has 0 bridgehead atoms. The Morgan fingerprint density at radius 2 is 2.00 bits per heavy atom. The Kier molecular flexibility index (Phi) is 4.62. The number of benzene rings is 2. The van der Waals surface area contributed by atoms with E-state index < -0.39 is 11.7 Å². The summed E-state index contributed by atoms with van der Waals surface area (Å²) in [7, 11) is 0. The van der Waals surface area contributed by atoms with Gasteiger partial charge in [-0.1, -0.05) is 36.7 Å².